The summed E-state index contributed by atoms with van der Waals surface area (Å²) in [6, 6.07) is 3.62. The molecule has 1 aromatic carbocycles. The molecule has 0 aliphatic rings. The molecule has 94 valence electrons. The van der Waals surface area contributed by atoms with Gasteiger partial charge in [0.15, 0.2) is 0 Å². The highest BCUT2D eigenvalue weighted by molar-refractivity contribution is 5.91. The van der Waals surface area contributed by atoms with Gasteiger partial charge in [-0.1, -0.05) is 11.8 Å². The van der Waals surface area contributed by atoms with E-state index in [2.05, 4.69) is 17.2 Å². The Labute approximate surface area is 104 Å². The molecule has 0 unspecified atom stereocenters. The van der Waals surface area contributed by atoms with Crippen LogP contribution < -0.4 is 5.32 Å². The molecule has 0 amide bonds. The van der Waals surface area contributed by atoms with Crippen LogP contribution in [0.1, 0.15) is 22.3 Å². The van der Waals surface area contributed by atoms with Crippen molar-refractivity contribution in [2.45, 2.75) is 6.42 Å². The van der Waals surface area contributed by atoms with Crippen molar-refractivity contribution in [3.63, 3.8) is 0 Å². The molecular weight excluding hydrogens is 236 g/mol. The fourth-order valence-corrected chi connectivity index (χ4v) is 1.28. The van der Waals surface area contributed by atoms with Crippen molar-refractivity contribution in [2.24, 2.45) is 0 Å². The first-order valence-corrected chi connectivity index (χ1v) is 5.21. The van der Waals surface area contributed by atoms with Gasteiger partial charge in [0.1, 0.15) is 0 Å². The van der Waals surface area contributed by atoms with Crippen LogP contribution in [-0.2, 0) is 0 Å². The molecule has 0 spiro atoms. The summed E-state index contributed by atoms with van der Waals surface area (Å²) in [5.41, 5.74) is -0.126. The van der Waals surface area contributed by atoms with Gasteiger partial charge in [0.05, 0.1) is 10.5 Å². The van der Waals surface area contributed by atoms with Crippen LogP contribution in [-0.4, -0.2) is 29.6 Å². The van der Waals surface area contributed by atoms with Crippen molar-refractivity contribution in [1.82, 2.24) is 5.32 Å². The molecule has 6 heteroatoms. The van der Waals surface area contributed by atoms with Crippen LogP contribution in [0.25, 0.3) is 0 Å². The number of carboxylic acids is 1. The standard InChI is InChI=1S/C12H12N2O4/c1-13-7-3-2-4-9-5-6-10(14(17)18)8-11(9)12(15)16/h5-6,8,13H,3,7H2,1H3,(H,15,16). The quantitative estimate of drug-likeness (QED) is 0.362. The number of non-ortho nitro benzene ring substituents is 1. The highest BCUT2D eigenvalue weighted by Gasteiger charge is 2.14. The highest BCUT2D eigenvalue weighted by Crippen LogP contribution is 2.17. The third-order valence-corrected chi connectivity index (χ3v) is 2.17. The Morgan fingerprint density at radius 2 is 2.28 bits per heavy atom. The van der Waals surface area contributed by atoms with Gasteiger partial charge in [-0.05, 0) is 13.1 Å². The molecule has 6 nitrogen and oxygen atoms in total. The first kappa shape index (κ1) is 13.7. The number of nitrogens with zero attached hydrogens (tertiary/aromatic N) is 1. The number of hydrogen-bond donors (Lipinski definition) is 2. The van der Waals surface area contributed by atoms with Gasteiger partial charge in [0.2, 0.25) is 0 Å². The van der Waals surface area contributed by atoms with Gasteiger partial charge in [-0.3, -0.25) is 10.1 Å². The summed E-state index contributed by atoms with van der Waals surface area (Å²) < 4.78 is 0. The Balaban J connectivity index is 3.07. The maximum absolute atomic E-state index is 11.0. The Bertz CT molecular complexity index is 529. The molecule has 0 radical (unpaired) electrons. The van der Waals surface area contributed by atoms with Crippen molar-refractivity contribution >= 4 is 11.7 Å². The molecule has 0 aliphatic carbocycles. The van der Waals surface area contributed by atoms with E-state index in [9.17, 15) is 14.9 Å². The zero-order valence-electron chi connectivity index (χ0n) is 9.77. The first-order chi connectivity index (χ1) is 8.56. The lowest BCUT2D eigenvalue weighted by molar-refractivity contribution is -0.384. The predicted octanol–water partition coefficient (Wildman–Crippen LogP) is 1.25. The number of benzene rings is 1. The SMILES string of the molecule is CNCCC#Cc1ccc([N+](=O)[O-])cc1C(=O)O. The molecule has 0 aromatic heterocycles. The second-order valence-electron chi connectivity index (χ2n) is 3.45. The Morgan fingerprint density at radius 3 is 2.83 bits per heavy atom. The Kier molecular flexibility index (Phi) is 4.84. The number of hydrogen-bond acceptors (Lipinski definition) is 4. The van der Waals surface area contributed by atoms with Crippen molar-refractivity contribution in [3.8, 4) is 11.8 Å². The summed E-state index contributed by atoms with van der Waals surface area (Å²) in [4.78, 5) is 20.9. The zero-order valence-corrected chi connectivity index (χ0v) is 9.77. The minimum atomic E-state index is -1.23. The Morgan fingerprint density at radius 1 is 1.56 bits per heavy atom. The lowest BCUT2D eigenvalue weighted by Gasteiger charge is -1.99. The summed E-state index contributed by atoms with van der Waals surface area (Å²) in [6.07, 6.45) is 0.576. The maximum atomic E-state index is 11.0. The molecule has 0 atom stereocenters. The van der Waals surface area contributed by atoms with E-state index in [-0.39, 0.29) is 16.8 Å². The number of nitro benzene ring substituents is 1. The van der Waals surface area contributed by atoms with Crippen LogP contribution in [0.15, 0.2) is 18.2 Å². The average molecular weight is 248 g/mol. The third-order valence-electron chi connectivity index (χ3n) is 2.17. The molecule has 2 N–H and O–H groups in total. The fourth-order valence-electron chi connectivity index (χ4n) is 1.28. The third kappa shape index (κ3) is 3.57. The van der Waals surface area contributed by atoms with Gasteiger partial charge >= 0.3 is 5.97 Å². The monoisotopic (exact) mass is 248 g/mol. The van der Waals surface area contributed by atoms with Gasteiger partial charge in [0, 0.05) is 30.7 Å². The van der Waals surface area contributed by atoms with E-state index in [1.165, 1.54) is 12.1 Å². The van der Waals surface area contributed by atoms with E-state index in [1.807, 2.05) is 0 Å². The Hall–Kier alpha value is -2.39. The molecule has 1 aromatic rings. The summed E-state index contributed by atoms with van der Waals surface area (Å²) >= 11 is 0. The number of carboxylic acid groups (broad SMARTS) is 1. The van der Waals surface area contributed by atoms with E-state index in [4.69, 9.17) is 5.11 Å². The van der Waals surface area contributed by atoms with Crippen LogP contribution in [0.5, 0.6) is 0 Å². The topological polar surface area (TPSA) is 92.5 Å². The van der Waals surface area contributed by atoms with E-state index < -0.39 is 10.9 Å². The first-order valence-electron chi connectivity index (χ1n) is 5.21. The van der Waals surface area contributed by atoms with Crippen LogP contribution in [0.4, 0.5) is 5.69 Å². The molecule has 0 saturated heterocycles. The second-order valence-corrected chi connectivity index (χ2v) is 3.45. The van der Waals surface area contributed by atoms with E-state index in [1.54, 1.807) is 7.05 Å². The smallest absolute Gasteiger partial charge is 0.337 e. The molecule has 0 aliphatic heterocycles. The lowest BCUT2D eigenvalue weighted by Crippen LogP contribution is -2.06. The van der Waals surface area contributed by atoms with Crippen LogP contribution in [0.2, 0.25) is 0 Å². The number of nitrogens with one attached hydrogen (secondary N) is 1. The van der Waals surface area contributed by atoms with Crippen molar-refractivity contribution in [2.75, 3.05) is 13.6 Å². The minimum absolute atomic E-state index is 0.152. The number of carbonyl (C=O) groups is 1. The molecule has 1 rings (SSSR count). The van der Waals surface area contributed by atoms with Gasteiger partial charge < -0.3 is 10.4 Å². The van der Waals surface area contributed by atoms with E-state index in [0.717, 1.165) is 6.07 Å². The molecule has 0 fully saturated rings. The molecular formula is C12H12N2O4. The van der Waals surface area contributed by atoms with E-state index >= 15 is 0 Å². The van der Waals surface area contributed by atoms with Crippen molar-refractivity contribution < 1.29 is 14.8 Å². The number of nitro groups is 1. The lowest BCUT2D eigenvalue weighted by atomic mass is 10.1. The van der Waals surface area contributed by atoms with Gasteiger partial charge in [-0.2, -0.15) is 0 Å². The van der Waals surface area contributed by atoms with Crippen molar-refractivity contribution in [1.29, 1.82) is 0 Å². The second kappa shape index (κ2) is 6.37. The predicted molar refractivity (Wildman–Crippen MR) is 65.5 cm³/mol. The number of rotatable bonds is 4. The zero-order chi connectivity index (χ0) is 13.5. The van der Waals surface area contributed by atoms with Gasteiger partial charge in [-0.15, -0.1) is 0 Å². The summed E-state index contributed by atoms with van der Waals surface area (Å²) in [5.74, 6) is 4.28. The average Bonchev–Trinajstić information content (AvgIpc) is 2.34. The van der Waals surface area contributed by atoms with Gasteiger partial charge in [-0.25, -0.2) is 4.79 Å². The molecule has 0 heterocycles. The van der Waals surface area contributed by atoms with Crippen LogP contribution in [0.3, 0.4) is 0 Å². The molecule has 18 heavy (non-hydrogen) atoms. The van der Waals surface area contributed by atoms with Gasteiger partial charge in [0.25, 0.3) is 5.69 Å². The summed E-state index contributed by atoms with van der Waals surface area (Å²) in [5, 5.41) is 22.4. The minimum Gasteiger partial charge on any atom is -0.478 e. The van der Waals surface area contributed by atoms with Crippen molar-refractivity contribution in [3.05, 3.63) is 39.4 Å². The largest absolute Gasteiger partial charge is 0.478 e. The van der Waals surface area contributed by atoms with E-state index in [0.29, 0.717) is 13.0 Å². The normalized spacial score (nSPS) is 9.39. The summed E-state index contributed by atoms with van der Waals surface area (Å²) in [6.45, 7) is 0.697. The number of aromatic carboxylic acids is 1. The molecule has 0 bridgehead atoms. The highest BCUT2D eigenvalue weighted by atomic mass is 16.6. The van der Waals surface area contributed by atoms with Crippen LogP contribution >= 0.6 is 0 Å². The van der Waals surface area contributed by atoms with Crippen LogP contribution in [0, 0.1) is 22.0 Å². The summed E-state index contributed by atoms with van der Waals surface area (Å²) in [7, 11) is 1.79. The maximum Gasteiger partial charge on any atom is 0.337 e. The molecule has 0 saturated carbocycles. The fraction of sp³-hybridized carbons (Fsp3) is 0.250.